The van der Waals surface area contributed by atoms with Crippen molar-refractivity contribution in [1.29, 1.82) is 0 Å². The molecule has 0 aliphatic carbocycles. The van der Waals surface area contributed by atoms with Gasteiger partial charge in [-0.05, 0) is 61.7 Å². The number of allylic oxidation sites excluding steroid dienone is 1. The zero-order chi connectivity index (χ0) is 24.6. The average molecular weight is 466 g/mol. The van der Waals surface area contributed by atoms with Crippen molar-refractivity contribution in [1.82, 2.24) is 0 Å². The van der Waals surface area contributed by atoms with Crippen molar-refractivity contribution in [2.75, 3.05) is 6.61 Å². The largest absolute Gasteiger partial charge is 0.494 e. The summed E-state index contributed by atoms with van der Waals surface area (Å²) in [6.45, 7) is 6.25. The smallest absolute Gasteiger partial charge is 0.338 e. The van der Waals surface area contributed by atoms with E-state index in [9.17, 15) is 14.7 Å². The fraction of sp³-hybridized carbons (Fsp3) is 0.370. The molecule has 180 valence electrons. The van der Waals surface area contributed by atoms with E-state index < -0.39 is 23.6 Å². The first-order valence-corrected chi connectivity index (χ1v) is 11.4. The Kier molecular flexibility index (Phi) is 8.60. The van der Waals surface area contributed by atoms with Gasteiger partial charge in [0.2, 0.25) is 0 Å². The van der Waals surface area contributed by atoms with Crippen LogP contribution in [0.4, 0.5) is 0 Å². The van der Waals surface area contributed by atoms with E-state index in [1.165, 1.54) is 0 Å². The minimum atomic E-state index is -1.15. The van der Waals surface area contributed by atoms with Crippen LogP contribution in [0.25, 0.3) is 0 Å². The minimum Gasteiger partial charge on any atom is -0.494 e. The molecule has 1 N–H and O–H groups in total. The van der Waals surface area contributed by atoms with Gasteiger partial charge >= 0.3 is 11.9 Å². The molecule has 0 radical (unpaired) electrons. The van der Waals surface area contributed by atoms with E-state index in [0.717, 1.165) is 22.4 Å². The molecule has 1 aliphatic rings. The monoisotopic (exact) mass is 465 g/mol. The standard InChI is InChI=1S/C27H31NO6/c1-4-32-23-11-9-20(10-12-23)18-33-26(31)27(13-6-14-28-27)17-22-8-5-7-21(15-22)16-24(25(29)30)34-19(2)3/h5-15,19,24H,4,16-18H2,1-3H3,(H,29,30). The predicted octanol–water partition coefficient (Wildman–Crippen LogP) is 4.17. The Morgan fingerprint density at radius 1 is 1.06 bits per heavy atom. The topological polar surface area (TPSA) is 94.4 Å². The first kappa shape index (κ1) is 25.2. The number of carbonyl (C=O) groups is 2. The number of carbonyl (C=O) groups excluding carboxylic acids is 1. The Bertz CT molecular complexity index is 1030. The lowest BCUT2D eigenvalue weighted by Gasteiger charge is -2.23. The second kappa shape index (κ2) is 11.6. The summed E-state index contributed by atoms with van der Waals surface area (Å²) in [5, 5.41) is 9.47. The lowest BCUT2D eigenvalue weighted by atomic mass is 9.90. The van der Waals surface area contributed by atoms with Gasteiger partial charge < -0.3 is 19.3 Å². The summed E-state index contributed by atoms with van der Waals surface area (Å²) in [5.74, 6) is -0.679. The molecule has 7 nitrogen and oxygen atoms in total. The van der Waals surface area contributed by atoms with Gasteiger partial charge in [0, 0.05) is 19.1 Å². The number of hydrogen-bond acceptors (Lipinski definition) is 6. The quantitative estimate of drug-likeness (QED) is 0.473. The maximum atomic E-state index is 13.1. The molecule has 34 heavy (non-hydrogen) atoms. The molecule has 2 aromatic rings. The fourth-order valence-electron chi connectivity index (χ4n) is 3.76. The first-order valence-electron chi connectivity index (χ1n) is 11.4. The van der Waals surface area contributed by atoms with Gasteiger partial charge in [0.05, 0.1) is 12.7 Å². The van der Waals surface area contributed by atoms with Crippen LogP contribution in [0.2, 0.25) is 0 Å². The van der Waals surface area contributed by atoms with Crippen molar-refractivity contribution in [2.45, 2.75) is 58.0 Å². The van der Waals surface area contributed by atoms with Crippen molar-refractivity contribution in [3.8, 4) is 5.75 Å². The van der Waals surface area contributed by atoms with Crippen LogP contribution in [-0.4, -0.2) is 47.6 Å². The molecule has 2 atom stereocenters. The Balaban J connectivity index is 1.68. The molecule has 0 saturated carbocycles. The van der Waals surface area contributed by atoms with Crippen LogP contribution >= 0.6 is 0 Å². The van der Waals surface area contributed by atoms with Crippen molar-refractivity contribution < 1.29 is 28.9 Å². The summed E-state index contributed by atoms with van der Waals surface area (Å²) in [6, 6.07) is 14.9. The summed E-state index contributed by atoms with van der Waals surface area (Å²) in [5.41, 5.74) is 1.37. The van der Waals surface area contributed by atoms with Gasteiger partial charge in [-0.2, -0.15) is 0 Å². The molecule has 2 aromatic carbocycles. The van der Waals surface area contributed by atoms with Crippen molar-refractivity contribution in [2.24, 2.45) is 4.99 Å². The van der Waals surface area contributed by atoms with Crippen LogP contribution in [-0.2, 0) is 38.5 Å². The fourth-order valence-corrected chi connectivity index (χ4v) is 3.76. The number of hydrogen-bond donors (Lipinski definition) is 1. The SMILES string of the molecule is CCOc1ccc(COC(=O)C2(Cc3cccc(CC(OC(C)C)C(=O)O)c3)C=CC=N2)cc1. The van der Waals surface area contributed by atoms with E-state index in [0.29, 0.717) is 13.0 Å². The number of aliphatic carboxylic acids is 1. The second-order valence-electron chi connectivity index (χ2n) is 8.43. The first-order chi connectivity index (χ1) is 16.3. The van der Waals surface area contributed by atoms with Crippen LogP contribution in [0.5, 0.6) is 5.75 Å². The van der Waals surface area contributed by atoms with Gasteiger partial charge in [0.1, 0.15) is 12.4 Å². The van der Waals surface area contributed by atoms with E-state index in [4.69, 9.17) is 14.2 Å². The highest BCUT2D eigenvalue weighted by Crippen LogP contribution is 2.26. The van der Waals surface area contributed by atoms with Crippen LogP contribution in [0.3, 0.4) is 0 Å². The van der Waals surface area contributed by atoms with Crippen LogP contribution < -0.4 is 4.74 Å². The van der Waals surface area contributed by atoms with Crippen molar-refractivity contribution in [3.63, 3.8) is 0 Å². The summed E-state index contributed by atoms with van der Waals surface area (Å²) >= 11 is 0. The number of esters is 1. The van der Waals surface area contributed by atoms with E-state index in [2.05, 4.69) is 4.99 Å². The van der Waals surface area contributed by atoms with Gasteiger partial charge in [-0.1, -0.05) is 36.4 Å². The molecule has 1 aliphatic heterocycles. The third-order valence-electron chi connectivity index (χ3n) is 5.32. The van der Waals surface area contributed by atoms with E-state index in [1.54, 1.807) is 32.2 Å². The van der Waals surface area contributed by atoms with E-state index in [1.807, 2.05) is 55.5 Å². The number of carboxylic acid groups (broad SMARTS) is 1. The number of rotatable bonds is 12. The van der Waals surface area contributed by atoms with Gasteiger partial charge in [-0.15, -0.1) is 0 Å². The molecule has 7 heteroatoms. The molecule has 0 bridgehead atoms. The van der Waals surface area contributed by atoms with Gasteiger partial charge in [0.15, 0.2) is 11.6 Å². The summed E-state index contributed by atoms with van der Waals surface area (Å²) in [6.07, 6.45) is 4.47. The lowest BCUT2D eigenvalue weighted by molar-refractivity contribution is -0.153. The molecule has 2 unspecified atom stereocenters. The zero-order valence-electron chi connectivity index (χ0n) is 19.8. The summed E-state index contributed by atoms with van der Waals surface area (Å²) in [7, 11) is 0. The third-order valence-corrected chi connectivity index (χ3v) is 5.32. The van der Waals surface area contributed by atoms with Gasteiger partial charge in [0.25, 0.3) is 0 Å². The molecule has 0 amide bonds. The number of ether oxygens (including phenoxy) is 3. The molecule has 1 heterocycles. The normalized spacial score (nSPS) is 17.6. The number of nitrogens with zero attached hydrogens (tertiary/aromatic N) is 1. The number of benzene rings is 2. The predicted molar refractivity (Wildman–Crippen MR) is 129 cm³/mol. The maximum absolute atomic E-state index is 13.1. The van der Waals surface area contributed by atoms with Crippen molar-refractivity contribution >= 4 is 18.2 Å². The molecule has 0 spiro atoms. The Morgan fingerprint density at radius 2 is 1.79 bits per heavy atom. The molecule has 0 saturated heterocycles. The van der Waals surface area contributed by atoms with Crippen molar-refractivity contribution in [3.05, 3.63) is 77.4 Å². The van der Waals surface area contributed by atoms with Gasteiger partial charge in [-0.3, -0.25) is 4.99 Å². The summed E-state index contributed by atoms with van der Waals surface area (Å²) in [4.78, 5) is 29.1. The average Bonchev–Trinajstić information content (AvgIpc) is 3.28. The molecular formula is C27H31NO6. The maximum Gasteiger partial charge on any atom is 0.338 e. The lowest BCUT2D eigenvalue weighted by Crippen LogP contribution is -2.37. The third kappa shape index (κ3) is 6.78. The van der Waals surface area contributed by atoms with E-state index in [-0.39, 0.29) is 19.1 Å². The molecule has 3 rings (SSSR count). The van der Waals surface area contributed by atoms with Crippen LogP contribution in [0.15, 0.2) is 65.7 Å². The Labute approximate surface area is 200 Å². The Morgan fingerprint density at radius 3 is 2.41 bits per heavy atom. The highest BCUT2D eigenvalue weighted by molar-refractivity contribution is 5.91. The molecule has 0 fully saturated rings. The minimum absolute atomic E-state index is 0.128. The van der Waals surface area contributed by atoms with Crippen LogP contribution in [0, 0.1) is 0 Å². The molecular weight excluding hydrogens is 434 g/mol. The highest BCUT2D eigenvalue weighted by atomic mass is 16.5. The van der Waals surface area contributed by atoms with Gasteiger partial charge in [-0.25, -0.2) is 9.59 Å². The Hall–Kier alpha value is -3.45. The van der Waals surface area contributed by atoms with E-state index >= 15 is 0 Å². The highest BCUT2D eigenvalue weighted by Gasteiger charge is 2.38. The zero-order valence-corrected chi connectivity index (χ0v) is 19.8. The van der Waals surface area contributed by atoms with Crippen LogP contribution in [0.1, 0.15) is 37.5 Å². The second-order valence-corrected chi connectivity index (χ2v) is 8.43. The molecule has 0 aromatic heterocycles. The summed E-state index contributed by atoms with van der Waals surface area (Å²) < 4.78 is 16.6. The number of carboxylic acids is 1. The number of aliphatic imine (C=N–C) groups is 1.